The SMILES string of the molecule is COc1ccc2c(c1)[C@H](C[Si](C)(C)C)[C@@H]([N+](=O)[O-])O2. The summed E-state index contributed by atoms with van der Waals surface area (Å²) in [4.78, 5) is 10.9. The molecule has 0 fully saturated rings. The number of nitro groups is 1. The van der Waals surface area contributed by atoms with E-state index in [9.17, 15) is 10.1 Å². The van der Waals surface area contributed by atoms with Crippen LogP contribution >= 0.6 is 0 Å². The number of benzene rings is 1. The molecule has 0 saturated heterocycles. The number of rotatable bonds is 4. The maximum atomic E-state index is 11.2. The van der Waals surface area contributed by atoms with Crippen LogP contribution in [0.25, 0.3) is 0 Å². The van der Waals surface area contributed by atoms with Crippen LogP contribution in [-0.4, -0.2) is 26.3 Å². The van der Waals surface area contributed by atoms with Gasteiger partial charge in [0.15, 0.2) is 0 Å². The molecule has 1 aliphatic rings. The third-order valence-electron chi connectivity index (χ3n) is 3.25. The Morgan fingerprint density at radius 1 is 1.42 bits per heavy atom. The second kappa shape index (κ2) is 4.84. The van der Waals surface area contributed by atoms with Gasteiger partial charge in [-0.05, 0) is 24.2 Å². The van der Waals surface area contributed by atoms with Crippen LogP contribution in [0.4, 0.5) is 0 Å². The molecule has 19 heavy (non-hydrogen) atoms. The van der Waals surface area contributed by atoms with Crippen LogP contribution in [0, 0.1) is 10.1 Å². The van der Waals surface area contributed by atoms with E-state index in [1.165, 1.54) is 0 Å². The highest BCUT2D eigenvalue weighted by Gasteiger charge is 2.44. The lowest BCUT2D eigenvalue weighted by molar-refractivity contribution is -0.563. The molecule has 1 heterocycles. The highest BCUT2D eigenvalue weighted by Crippen LogP contribution is 2.44. The highest BCUT2D eigenvalue weighted by molar-refractivity contribution is 6.76. The molecule has 104 valence electrons. The molecule has 1 aliphatic heterocycles. The fourth-order valence-electron chi connectivity index (χ4n) is 2.48. The van der Waals surface area contributed by atoms with Crippen molar-refractivity contribution in [3.8, 4) is 11.5 Å². The van der Waals surface area contributed by atoms with Gasteiger partial charge in [0.05, 0.1) is 18.0 Å². The zero-order valence-corrected chi connectivity index (χ0v) is 12.7. The van der Waals surface area contributed by atoms with Gasteiger partial charge in [0.25, 0.3) is 0 Å². The van der Waals surface area contributed by atoms with Gasteiger partial charge in [0, 0.05) is 13.6 Å². The zero-order valence-electron chi connectivity index (χ0n) is 11.7. The maximum Gasteiger partial charge on any atom is 0.360 e. The number of hydrogen-bond acceptors (Lipinski definition) is 4. The summed E-state index contributed by atoms with van der Waals surface area (Å²) in [6, 6.07) is 6.23. The van der Waals surface area contributed by atoms with Crippen molar-refractivity contribution < 1.29 is 14.4 Å². The lowest BCUT2D eigenvalue weighted by Gasteiger charge is -2.21. The van der Waals surface area contributed by atoms with Crippen molar-refractivity contribution in [3.63, 3.8) is 0 Å². The normalized spacial score (nSPS) is 21.7. The molecule has 0 bridgehead atoms. The molecule has 0 unspecified atom stereocenters. The number of fused-ring (bicyclic) bond motifs is 1. The van der Waals surface area contributed by atoms with Crippen molar-refractivity contribution in [2.24, 2.45) is 0 Å². The molecular weight excluding hydrogens is 262 g/mol. The monoisotopic (exact) mass is 281 g/mol. The van der Waals surface area contributed by atoms with Crippen LogP contribution in [0.3, 0.4) is 0 Å². The number of hydrogen-bond donors (Lipinski definition) is 0. The van der Waals surface area contributed by atoms with E-state index in [-0.39, 0.29) is 10.8 Å². The van der Waals surface area contributed by atoms with Crippen LogP contribution in [-0.2, 0) is 0 Å². The Balaban J connectivity index is 2.39. The smallest absolute Gasteiger partial charge is 0.360 e. The highest BCUT2D eigenvalue weighted by atomic mass is 28.3. The Bertz CT molecular complexity index is 498. The molecule has 0 radical (unpaired) electrons. The number of ether oxygens (including phenoxy) is 2. The fraction of sp³-hybridized carbons (Fsp3) is 0.538. The quantitative estimate of drug-likeness (QED) is 0.483. The molecule has 5 nitrogen and oxygen atoms in total. The van der Waals surface area contributed by atoms with Crippen LogP contribution in [0.15, 0.2) is 18.2 Å². The molecule has 0 saturated carbocycles. The van der Waals surface area contributed by atoms with E-state index >= 15 is 0 Å². The van der Waals surface area contributed by atoms with Gasteiger partial charge in [-0.2, -0.15) is 0 Å². The van der Waals surface area contributed by atoms with Crippen molar-refractivity contribution in [1.29, 1.82) is 0 Å². The first-order valence-corrected chi connectivity index (χ1v) is 10.0. The van der Waals surface area contributed by atoms with Gasteiger partial charge in [-0.25, -0.2) is 0 Å². The topological polar surface area (TPSA) is 61.6 Å². The van der Waals surface area contributed by atoms with Gasteiger partial charge in [-0.3, -0.25) is 10.1 Å². The lowest BCUT2D eigenvalue weighted by Crippen LogP contribution is -2.33. The lowest BCUT2D eigenvalue weighted by atomic mass is 10.0. The molecule has 0 spiro atoms. The Kier molecular flexibility index (Phi) is 3.53. The standard InChI is InChI=1S/C13H19NO4Si/c1-17-9-5-6-12-10(7-9)11(8-19(2,3)4)13(18-12)14(15)16/h5-7,11,13H,8H2,1-4H3/t11-,13-/m0/s1. The summed E-state index contributed by atoms with van der Waals surface area (Å²) in [7, 11) is 0.162. The molecule has 2 atom stereocenters. The zero-order chi connectivity index (χ0) is 14.2. The van der Waals surface area contributed by atoms with Crippen LogP contribution in [0.5, 0.6) is 11.5 Å². The van der Waals surface area contributed by atoms with E-state index in [4.69, 9.17) is 9.47 Å². The van der Waals surface area contributed by atoms with Crippen molar-refractivity contribution >= 4 is 8.07 Å². The summed E-state index contributed by atoms with van der Waals surface area (Å²) in [6.45, 7) is 6.63. The van der Waals surface area contributed by atoms with E-state index in [1.807, 2.05) is 6.07 Å². The van der Waals surface area contributed by atoms with Gasteiger partial charge >= 0.3 is 6.23 Å². The van der Waals surface area contributed by atoms with Crippen molar-refractivity contribution in [2.45, 2.75) is 37.8 Å². The molecule has 0 aliphatic carbocycles. The Morgan fingerprint density at radius 2 is 2.11 bits per heavy atom. The minimum atomic E-state index is -1.43. The van der Waals surface area contributed by atoms with E-state index < -0.39 is 14.3 Å². The Labute approximate surface area is 113 Å². The third-order valence-corrected chi connectivity index (χ3v) is 4.91. The molecular formula is C13H19NO4Si. The third kappa shape index (κ3) is 2.89. The molecule has 2 rings (SSSR count). The molecule has 0 aromatic heterocycles. The van der Waals surface area contributed by atoms with Gasteiger partial charge in [0.2, 0.25) is 0 Å². The van der Waals surface area contributed by atoms with E-state index in [0.717, 1.165) is 11.6 Å². The summed E-state index contributed by atoms with van der Waals surface area (Å²) in [5.41, 5.74) is 0.906. The summed E-state index contributed by atoms with van der Waals surface area (Å²) in [6.07, 6.45) is -0.964. The molecule has 6 heteroatoms. The first-order valence-electron chi connectivity index (χ1n) is 6.30. The van der Waals surface area contributed by atoms with E-state index in [0.29, 0.717) is 11.5 Å². The summed E-state index contributed by atoms with van der Waals surface area (Å²) in [5.74, 6) is 1.16. The predicted octanol–water partition coefficient (Wildman–Crippen LogP) is 3.11. The van der Waals surface area contributed by atoms with Crippen molar-refractivity contribution in [3.05, 3.63) is 33.9 Å². The minimum Gasteiger partial charge on any atom is -0.497 e. The van der Waals surface area contributed by atoms with Gasteiger partial charge in [-0.1, -0.05) is 19.6 Å². The maximum absolute atomic E-state index is 11.2. The van der Waals surface area contributed by atoms with Gasteiger partial charge < -0.3 is 9.47 Å². The fourth-order valence-corrected chi connectivity index (χ4v) is 4.22. The molecule has 0 N–H and O–H groups in total. The summed E-state index contributed by atoms with van der Waals surface area (Å²) < 4.78 is 10.7. The first-order chi connectivity index (χ1) is 8.81. The number of methoxy groups -OCH3 is 1. The van der Waals surface area contributed by atoms with Crippen molar-refractivity contribution in [2.75, 3.05) is 7.11 Å². The van der Waals surface area contributed by atoms with Crippen LogP contribution < -0.4 is 9.47 Å². The van der Waals surface area contributed by atoms with Crippen LogP contribution in [0.2, 0.25) is 25.7 Å². The van der Waals surface area contributed by atoms with Crippen molar-refractivity contribution in [1.82, 2.24) is 0 Å². The predicted molar refractivity (Wildman–Crippen MR) is 75.3 cm³/mol. The average Bonchev–Trinajstić information content (AvgIpc) is 2.65. The first kappa shape index (κ1) is 13.9. The summed E-state index contributed by atoms with van der Waals surface area (Å²) >= 11 is 0. The van der Waals surface area contributed by atoms with Gasteiger partial charge in [-0.15, -0.1) is 0 Å². The molecule has 0 amide bonds. The summed E-state index contributed by atoms with van der Waals surface area (Å²) in [5, 5.41) is 11.2. The Morgan fingerprint density at radius 3 is 2.63 bits per heavy atom. The number of nitrogens with zero attached hydrogens (tertiary/aromatic N) is 1. The minimum absolute atomic E-state index is 0.174. The van der Waals surface area contributed by atoms with E-state index in [1.54, 1.807) is 19.2 Å². The molecule has 1 aromatic carbocycles. The van der Waals surface area contributed by atoms with Crippen LogP contribution in [0.1, 0.15) is 11.5 Å². The Hall–Kier alpha value is -1.56. The second-order valence-corrected chi connectivity index (χ2v) is 11.6. The molecule has 1 aromatic rings. The second-order valence-electron chi connectivity index (χ2n) is 6.07. The van der Waals surface area contributed by atoms with Gasteiger partial charge in [0.1, 0.15) is 11.5 Å². The average molecular weight is 281 g/mol. The van der Waals surface area contributed by atoms with E-state index in [2.05, 4.69) is 19.6 Å². The largest absolute Gasteiger partial charge is 0.497 e.